The second-order valence-electron chi connectivity index (χ2n) is 6.19. The van der Waals surface area contributed by atoms with Crippen LogP contribution in [0.3, 0.4) is 0 Å². The lowest BCUT2D eigenvalue weighted by Crippen LogP contribution is -2.36. The number of amides is 1. The fourth-order valence-electron chi connectivity index (χ4n) is 2.58. The molecular formula is C19H19Cl2N3OS2. The number of fused-ring (bicyclic) bond motifs is 1. The highest BCUT2D eigenvalue weighted by atomic mass is 35.5. The molecule has 0 spiro atoms. The van der Waals surface area contributed by atoms with Crippen LogP contribution in [0, 0.1) is 0 Å². The molecule has 0 aliphatic carbocycles. The second-order valence-corrected chi connectivity index (χ2v) is 8.89. The Kier molecular flexibility index (Phi) is 6.65. The Morgan fingerprint density at radius 2 is 1.96 bits per heavy atom. The summed E-state index contributed by atoms with van der Waals surface area (Å²) in [5, 5.41) is 1.51. The summed E-state index contributed by atoms with van der Waals surface area (Å²) < 4.78 is 1.06. The molecule has 0 unspecified atom stereocenters. The van der Waals surface area contributed by atoms with E-state index < -0.39 is 0 Å². The standard InChI is InChI=1S/C19H19Cl2N3OS2/c1-23(2)9-10-24(18(25)13-8-7-12(20)11-14(13)21)19-22-17-15(26-3)5-4-6-16(17)27-19/h4-8,11H,9-10H2,1-3H3. The van der Waals surface area contributed by atoms with Gasteiger partial charge in [0, 0.05) is 23.0 Å². The first-order valence-corrected chi connectivity index (χ1v) is 11.1. The SMILES string of the molecule is CSc1cccc2sc(N(CCN(C)C)C(=O)c3ccc(Cl)cc3Cl)nc12. The lowest BCUT2D eigenvalue weighted by molar-refractivity contribution is 0.0985. The molecule has 1 amide bonds. The van der Waals surface area contributed by atoms with Crippen molar-refractivity contribution in [3.63, 3.8) is 0 Å². The molecule has 2 aromatic carbocycles. The maximum absolute atomic E-state index is 13.3. The normalized spacial score (nSPS) is 11.3. The lowest BCUT2D eigenvalue weighted by atomic mass is 10.2. The van der Waals surface area contributed by atoms with E-state index in [-0.39, 0.29) is 5.91 Å². The highest BCUT2D eigenvalue weighted by Gasteiger charge is 2.24. The molecule has 0 atom stereocenters. The van der Waals surface area contributed by atoms with Gasteiger partial charge in [0.1, 0.15) is 0 Å². The minimum atomic E-state index is -0.178. The average molecular weight is 440 g/mol. The summed E-state index contributed by atoms with van der Waals surface area (Å²) in [5.41, 5.74) is 1.35. The van der Waals surface area contributed by atoms with Gasteiger partial charge in [-0.15, -0.1) is 11.8 Å². The van der Waals surface area contributed by atoms with Crippen molar-refractivity contribution in [2.24, 2.45) is 0 Å². The van der Waals surface area contributed by atoms with E-state index in [0.717, 1.165) is 15.1 Å². The number of carbonyl (C=O) groups excluding carboxylic acids is 1. The van der Waals surface area contributed by atoms with Gasteiger partial charge in [-0.05, 0) is 50.7 Å². The number of likely N-dealkylation sites (N-methyl/N-ethyl adjacent to an activating group) is 1. The number of carbonyl (C=O) groups is 1. The van der Waals surface area contributed by atoms with E-state index in [2.05, 4.69) is 0 Å². The molecule has 1 aromatic heterocycles. The summed E-state index contributed by atoms with van der Waals surface area (Å²) in [6, 6.07) is 11.0. The second kappa shape index (κ2) is 8.80. The maximum Gasteiger partial charge on any atom is 0.261 e. The van der Waals surface area contributed by atoms with Crippen LogP contribution in [0.1, 0.15) is 10.4 Å². The molecule has 27 heavy (non-hydrogen) atoms. The van der Waals surface area contributed by atoms with Gasteiger partial charge >= 0.3 is 0 Å². The molecule has 0 fully saturated rings. The molecule has 3 aromatic rings. The number of rotatable bonds is 6. The molecule has 0 aliphatic heterocycles. The molecule has 4 nitrogen and oxygen atoms in total. The van der Waals surface area contributed by atoms with Crippen LogP contribution in [0.25, 0.3) is 10.2 Å². The fraction of sp³-hybridized carbons (Fsp3) is 0.263. The van der Waals surface area contributed by atoms with Gasteiger partial charge in [0.25, 0.3) is 5.91 Å². The molecule has 142 valence electrons. The number of hydrogen-bond donors (Lipinski definition) is 0. The fourth-order valence-corrected chi connectivity index (χ4v) is 4.72. The summed E-state index contributed by atoms with van der Waals surface area (Å²) in [5.74, 6) is -0.178. The number of halogens is 2. The summed E-state index contributed by atoms with van der Waals surface area (Å²) in [6.45, 7) is 1.22. The highest BCUT2D eigenvalue weighted by molar-refractivity contribution is 7.98. The van der Waals surface area contributed by atoms with Crippen LogP contribution in [-0.2, 0) is 0 Å². The first-order valence-electron chi connectivity index (χ1n) is 8.26. The van der Waals surface area contributed by atoms with Gasteiger partial charge in [0.05, 0.1) is 20.8 Å². The number of thioether (sulfide) groups is 1. The number of para-hydroxylation sites is 1. The highest BCUT2D eigenvalue weighted by Crippen LogP contribution is 2.35. The van der Waals surface area contributed by atoms with E-state index >= 15 is 0 Å². The van der Waals surface area contributed by atoms with E-state index in [1.807, 2.05) is 43.5 Å². The molecule has 3 rings (SSSR count). The number of nitrogens with zero attached hydrogens (tertiary/aromatic N) is 3. The van der Waals surface area contributed by atoms with Crippen molar-refractivity contribution in [1.82, 2.24) is 9.88 Å². The molecule has 0 saturated carbocycles. The lowest BCUT2D eigenvalue weighted by Gasteiger charge is -2.22. The Morgan fingerprint density at radius 3 is 2.63 bits per heavy atom. The maximum atomic E-state index is 13.3. The van der Waals surface area contributed by atoms with E-state index in [0.29, 0.717) is 33.8 Å². The van der Waals surface area contributed by atoms with Crippen molar-refractivity contribution in [3.8, 4) is 0 Å². The summed E-state index contributed by atoms with van der Waals surface area (Å²) in [6.07, 6.45) is 2.02. The zero-order chi connectivity index (χ0) is 19.6. The predicted molar refractivity (Wildman–Crippen MR) is 118 cm³/mol. The number of aromatic nitrogens is 1. The first kappa shape index (κ1) is 20.4. The number of hydrogen-bond acceptors (Lipinski definition) is 5. The summed E-state index contributed by atoms with van der Waals surface area (Å²) >= 11 is 15.4. The Morgan fingerprint density at radius 1 is 1.19 bits per heavy atom. The minimum absolute atomic E-state index is 0.178. The third-order valence-electron chi connectivity index (χ3n) is 4.00. The Labute approximate surface area is 177 Å². The van der Waals surface area contributed by atoms with Gasteiger partial charge < -0.3 is 4.90 Å². The number of anilines is 1. The van der Waals surface area contributed by atoms with Gasteiger partial charge in [0.2, 0.25) is 0 Å². The third-order valence-corrected chi connectivity index (χ3v) is 6.36. The number of benzene rings is 2. The summed E-state index contributed by atoms with van der Waals surface area (Å²) in [4.78, 5) is 22.9. The zero-order valence-electron chi connectivity index (χ0n) is 15.2. The van der Waals surface area contributed by atoms with Gasteiger partial charge in [-0.1, -0.05) is 40.6 Å². The van der Waals surface area contributed by atoms with Crippen LogP contribution < -0.4 is 4.90 Å². The van der Waals surface area contributed by atoms with Crippen LogP contribution in [-0.4, -0.2) is 49.2 Å². The quantitative estimate of drug-likeness (QED) is 0.472. The average Bonchev–Trinajstić information content (AvgIpc) is 3.05. The van der Waals surface area contributed by atoms with E-state index in [4.69, 9.17) is 28.2 Å². The van der Waals surface area contributed by atoms with Gasteiger partial charge in [0.15, 0.2) is 5.13 Å². The molecule has 0 saturated heterocycles. The molecule has 0 N–H and O–H groups in total. The predicted octanol–water partition coefficient (Wildman–Crippen LogP) is 5.53. The van der Waals surface area contributed by atoms with Crippen molar-refractivity contribution in [2.45, 2.75) is 4.90 Å². The van der Waals surface area contributed by atoms with Crippen molar-refractivity contribution < 1.29 is 4.79 Å². The van der Waals surface area contributed by atoms with Crippen LogP contribution in [0.4, 0.5) is 5.13 Å². The Balaban J connectivity index is 2.04. The molecule has 0 bridgehead atoms. The van der Waals surface area contributed by atoms with E-state index in [1.165, 1.54) is 11.3 Å². The molecule has 8 heteroatoms. The van der Waals surface area contributed by atoms with Crippen molar-refractivity contribution >= 4 is 67.6 Å². The minimum Gasteiger partial charge on any atom is -0.308 e. The van der Waals surface area contributed by atoms with Crippen LogP contribution in [0.15, 0.2) is 41.3 Å². The smallest absolute Gasteiger partial charge is 0.261 e. The molecular weight excluding hydrogens is 421 g/mol. The van der Waals surface area contributed by atoms with Crippen LogP contribution in [0.2, 0.25) is 10.0 Å². The topological polar surface area (TPSA) is 36.4 Å². The van der Waals surface area contributed by atoms with Crippen molar-refractivity contribution in [2.75, 3.05) is 38.3 Å². The summed E-state index contributed by atoms with van der Waals surface area (Å²) in [7, 11) is 3.95. The van der Waals surface area contributed by atoms with Crippen LogP contribution in [0.5, 0.6) is 0 Å². The molecule has 1 heterocycles. The van der Waals surface area contributed by atoms with Gasteiger partial charge in [-0.2, -0.15) is 0 Å². The van der Waals surface area contributed by atoms with E-state index in [1.54, 1.807) is 34.9 Å². The van der Waals surface area contributed by atoms with Gasteiger partial charge in [-0.25, -0.2) is 4.98 Å². The van der Waals surface area contributed by atoms with Crippen molar-refractivity contribution in [3.05, 3.63) is 52.0 Å². The monoisotopic (exact) mass is 439 g/mol. The number of thiazole rings is 1. The van der Waals surface area contributed by atoms with Gasteiger partial charge in [-0.3, -0.25) is 9.69 Å². The third kappa shape index (κ3) is 4.58. The van der Waals surface area contributed by atoms with Crippen molar-refractivity contribution in [1.29, 1.82) is 0 Å². The van der Waals surface area contributed by atoms with Crippen LogP contribution >= 0.6 is 46.3 Å². The molecule has 0 aliphatic rings. The molecule has 0 radical (unpaired) electrons. The van der Waals surface area contributed by atoms with E-state index in [9.17, 15) is 4.79 Å². The largest absolute Gasteiger partial charge is 0.308 e. The first-order chi connectivity index (χ1) is 12.9. The Bertz CT molecular complexity index is 975. The zero-order valence-corrected chi connectivity index (χ0v) is 18.3. The Hall–Kier alpha value is -1.31.